The van der Waals surface area contributed by atoms with Crippen LogP contribution >= 0.6 is 23.4 Å². The van der Waals surface area contributed by atoms with Gasteiger partial charge in [0.1, 0.15) is 10.9 Å². The van der Waals surface area contributed by atoms with Gasteiger partial charge in [-0.25, -0.2) is 9.78 Å². The molecule has 0 aliphatic carbocycles. The van der Waals surface area contributed by atoms with E-state index >= 15 is 0 Å². The van der Waals surface area contributed by atoms with Crippen LogP contribution in [0.3, 0.4) is 0 Å². The van der Waals surface area contributed by atoms with Gasteiger partial charge in [0, 0.05) is 7.05 Å². The maximum Gasteiger partial charge on any atom is 0.356 e. The Hall–Kier alpha value is -1.60. The minimum absolute atomic E-state index is 0.112. The van der Waals surface area contributed by atoms with Crippen molar-refractivity contribution in [2.75, 3.05) is 0 Å². The molecule has 2 aromatic heterocycles. The van der Waals surface area contributed by atoms with Gasteiger partial charge in [0.25, 0.3) is 0 Å². The van der Waals surface area contributed by atoms with Crippen LogP contribution in [0.2, 0.25) is 5.02 Å². The van der Waals surface area contributed by atoms with E-state index in [4.69, 9.17) is 16.7 Å². The lowest BCUT2D eigenvalue weighted by molar-refractivity contribution is 0.0690. The van der Waals surface area contributed by atoms with E-state index in [-0.39, 0.29) is 10.7 Å². The van der Waals surface area contributed by atoms with Crippen LogP contribution in [-0.2, 0) is 7.05 Å². The molecule has 6 nitrogen and oxygen atoms in total. The van der Waals surface area contributed by atoms with Crippen molar-refractivity contribution in [1.82, 2.24) is 19.7 Å². The van der Waals surface area contributed by atoms with Gasteiger partial charge in [-0.05, 0) is 30.8 Å². The highest BCUT2D eigenvalue weighted by atomic mass is 35.5. The molecule has 0 spiro atoms. The Bertz CT molecular complexity index is 614. The zero-order valence-electron chi connectivity index (χ0n) is 9.59. The van der Waals surface area contributed by atoms with Gasteiger partial charge in [-0.15, -0.1) is 10.2 Å². The van der Waals surface area contributed by atoms with E-state index < -0.39 is 5.97 Å². The first-order valence-corrected chi connectivity index (χ1v) is 6.12. The summed E-state index contributed by atoms with van der Waals surface area (Å²) in [5.74, 6) is -0.387. The Kier molecular flexibility index (Phi) is 3.53. The predicted octanol–water partition coefficient (Wildman–Crippen LogP) is 2.02. The molecule has 94 valence electrons. The highest BCUT2D eigenvalue weighted by Gasteiger charge is 2.14. The number of aromatic carboxylic acids is 1. The predicted molar refractivity (Wildman–Crippen MR) is 66.1 cm³/mol. The maximum atomic E-state index is 10.9. The van der Waals surface area contributed by atoms with Crippen molar-refractivity contribution >= 4 is 29.3 Å². The number of carboxylic acids is 1. The normalized spacial score (nSPS) is 10.6. The zero-order chi connectivity index (χ0) is 13.3. The summed E-state index contributed by atoms with van der Waals surface area (Å²) in [5.41, 5.74) is -0.166. The van der Waals surface area contributed by atoms with Crippen molar-refractivity contribution in [3.8, 4) is 0 Å². The number of rotatable bonds is 3. The molecule has 0 unspecified atom stereocenters. The molecule has 2 aromatic rings. The molecule has 0 aliphatic heterocycles. The molecular formula is C10H9ClN4O2S. The maximum absolute atomic E-state index is 10.9. The van der Waals surface area contributed by atoms with Crippen LogP contribution in [0.4, 0.5) is 0 Å². The number of aromatic nitrogens is 4. The summed E-state index contributed by atoms with van der Waals surface area (Å²) in [6, 6.07) is 3.15. The average molecular weight is 285 g/mol. The lowest BCUT2D eigenvalue weighted by Crippen LogP contribution is -2.02. The van der Waals surface area contributed by atoms with Crippen molar-refractivity contribution in [2.24, 2.45) is 7.05 Å². The van der Waals surface area contributed by atoms with E-state index in [1.54, 1.807) is 10.6 Å². The average Bonchev–Trinajstić information content (AvgIpc) is 2.63. The number of hydrogen-bond acceptors (Lipinski definition) is 5. The third-order valence-electron chi connectivity index (χ3n) is 2.27. The second-order valence-corrected chi connectivity index (χ2v) is 4.87. The van der Waals surface area contributed by atoms with Crippen molar-refractivity contribution < 1.29 is 9.90 Å². The number of pyridine rings is 1. The Morgan fingerprint density at radius 1 is 1.44 bits per heavy atom. The lowest BCUT2D eigenvalue weighted by Gasteiger charge is -2.03. The van der Waals surface area contributed by atoms with Crippen LogP contribution in [-0.4, -0.2) is 30.8 Å². The molecule has 2 rings (SSSR count). The Morgan fingerprint density at radius 2 is 2.17 bits per heavy atom. The molecule has 2 heterocycles. The van der Waals surface area contributed by atoms with E-state index in [9.17, 15) is 4.79 Å². The zero-order valence-corrected chi connectivity index (χ0v) is 11.2. The molecule has 0 atom stereocenters. The summed E-state index contributed by atoms with van der Waals surface area (Å²) >= 11 is 6.98. The van der Waals surface area contributed by atoms with Gasteiger partial charge in [0.05, 0.1) is 5.02 Å². The second kappa shape index (κ2) is 4.95. The smallest absolute Gasteiger partial charge is 0.356 e. The van der Waals surface area contributed by atoms with E-state index in [2.05, 4.69) is 15.2 Å². The minimum Gasteiger partial charge on any atom is -0.476 e. The van der Waals surface area contributed by atoms with E-state index in [0.717, 1.165) is 5.82 Å². The third-order valence-corrected chi connectivity index (χ3v) is 3.55. The van der Waals surface area contributed by atoms with Gasteiger partial charge >= 0.3 is 5.97 Å². The highest BCUT2D eigenvalue weighted by molar-refractivity contribution is 7.99. The van der Waals surface area contributed by atoms with Crippen LogP contribution < -0.4 is 0 Å². The number of carbonyl (C=O) groups is 1. The summed E-state index contributed by atoms with van der Waals surface area (Å²) in [6.07, 6.45) is 0. The summed E-state index contributed by atoms with van der Waals surface area (Å²) in [6.45, 7) is 1.83. The molecule has 8 heteroatoms. The quantitative estimate of drug-likeness (QED) is 0.929. The monoisotopic (exact) mass is 284 g/mol. The fraction of sp³-hybridized carbons (Fsp3) is 0.200. The van der Waals surface area contributed by atoms with E-state index in [1.807, 2.05) is 14.0 Å². The second-order valence-electron chi connectivity index (χ2n) is 3.48. The number of carboxylic acid groups (broad SMARTS) is 1. The molecule has 0 fully saturated rings. The largest absolute Gasteiger partial charge is 0.476 e. The van der Waals surface area contributed by atoms with Crippen molar-refractivity contribution in [3.63, 3.8) is 0 Å². The number of aryl methyl sites for hydroxylation is 1. The molecule has 0 aliphatic rings. The number of halogens is 1. The molecule has 0 saturated carbocycles. The van der Waals surface area contributed by atoms with Crippen LogP contribution in [0.1, 0.15) is 16.3 Å². The summed E-state index contributed by atoms with van der Waals surface area (Å²) in [7, 11) is 1.83. The van der Waals surface area contributed by atoms with Crippen LogP contribution in [0.15, 0.2) is 22.3 Å². The molecule has 18 heavy (non-hydrogen) atoms. The van der Waals surface area contributed by atoms with E-state index in [0.29, 0.717) is 10.2 Å². The third kappa shape index (κ3) is 2.46. The van der Waals surface area contributed by atoms with Gasteiger partial charge in [-0.2, -0.15) is 0 Å². The Balaban J connectivity index is 2.33. The van der Waals surface area contributed by atoms with Gasteiger partial charge in [0.2, 0.25) is 0 Å². The Morgan fingerprint density at radius 3 is 2.72 bits per heavy atom. The van der Waals surface area contributed by atoms with E-state index in [1.165, 1.54) is 17.8 Å². The van der Waals surface area contributed by atoms with Gasteiger partial charge < -0.3 is 9.67 Å². The van der Waals surface area contributed by atoms with Crippen molar-refractivity contribution in [1.29, 1.82) is 0 Å². The summed E-state index contributed by atoms with van der Waals surface area (Å²) in [5, 5.41) is 18.1. The standard InChI is InChI=1S/C10H9ClN4O2S/c1-5-13-14-10(15(5)2)18-7-4-3-6(11)8(12-7)9(16)17/h3-4H,1-2H3,(H,16,17). The molecule has 1 N–H and O–H groups in total. The molecule has 0 saturated heterocycles. The van der Waals surface area contributed by atoms with Crippen LogP contribution in [0.25, 0.3) is 0 Å². The molecule has 0 radical (unpaired) electrons. The first-order valence-electron chi connectivity index (χ1n) is 4.92. The Labute approximate surface area is 112 Å². The van der Waals surface area contributed by atoms with Gasteiger partial charge in [-0.3, -0.25) is 0 Å². The summed E-state index contributed by atoms with van der Waals surface area (Å²) < 4.78 is 1.79. The highest BCUT2D eigenvalue weighted by Crippen LogP contribution is 2.26. The molecule has 0 amide bonds. The van der Waals surface area contributed by atoms with Crippen molar-refractivity contribution in [2.45, 2.75) is 17.1 Å². The summed E-state index contributed by atoms with van der Waals surface area (Å²) in [4.78, 5) is 14.9. The molecule has 0 bridgehead atoms. The van der Waals surface area contributed by atoms with Gasteiger partial charge in [0.15, 0.2) is 10.9 Å². The molecular weight excluding hydrogens is 276 g/mol. The first kappa shape index (κ1) is 12.8. The number of nitrogens with zero attached hydrogens (tertiary/aromatic N) is 4. The fourth-order valence-electron chi connectivity index (χ4n) is 1.20. The SMILES string of the molecule is Cc1nnc(Sc2ccc(Cl)c(C(=O)O)n2)n1C. The fourth-order valence-corrected chi connectivity index (χ4v) is 2.20. The topological polar surface area (TPSA) is 80.9 Å². The van der Waals surface area contributed by atoms with Crippen LogP contribution in [0.5, 0.6) is 0 Å². The lowest BCUT2D eigenvalue weighted by atomic mass is 10.3. The first-order chi connectivity index (χ1) is 8.49. The number of hydrogen-bond donors (Lipinski definition) is 1. The van der Waals surface area contributed by atoms with Gasteiger partial charge in [-0.1, -0.05) is 11.6 Å². The molecule has 0 aromatic carbocycles. The van der Waals surface area contributed by atoms with Crippen molar-refractivity contribution in [3.05, 3.63) is 28.7 Å². The van der Waals surface area contributed by atoms with Crippen LogP contribution in [0, 0.1) is 6.92 Å². The minimum atomic E-state index is -1.16.